The molecule has 1 aliphatic rings. The van der Waals surface area contributed by atoms with Gasteiger partial charge in [-0.1, -0.05) is 60.2 Å². The number of rotatable bonds is 4. The zero-order valence-electron chi connectivity index (χ0n) is 19.5. The molecule has 0 aliphatic carbocycles. The normalized spacial score (nSPS) is 13.8. The highest BCUT2D eigenvalue weighted by atomic mass is 16.4. The lowest BCUT2D eigenvalue weighted by Gasteiger charge is -2.35. The summed E-state index contributed by atoms with van der Waals surface area (Å²) in [5.74, 6) is -2.59. The Morgan fingerprint density at radius 2 is 1.51 bits per heavy atom. The molecule has 1 fully saturated rings. The van der Waals surface area contributed by atoms with Gasteiger partial charge in [-0.15, -0.1) is 0 Å². The van der Waals surface area contributed by atoms with Crippen LogP contribution >= 0.6 is 0 Å². The largest absolute Gasteiger partial charge is 0.473 e. The predicted octanol–water partition coefficient (Wildman–Crippen LogP) is 3.79. The van der Waals surface area contributed by atoms with Gasteiger partial charge >= 0.3 is 11.9 Å². The molecule has 8 nitrogen and oxygen atoms in total. The average molecular weight is 473 g/mol. The van der Waals surface area contributed by atoms with Gasteiger partial charge in [-0.2, -0.15) is 0 Å². The van der Waals surface area contributed by atoms with Gasteiger partial charge in [0.05, 0.1) is 17.4 Å². The van der Waals surface area contributed by atoms with Crippen LogP contribution in [0.2, 0.25) is 0 Å². The summed E-state index contributed by atoms with van der Waals surface area (Å²) in [7, 11) is 0. The summed E-state index contributed by atoms with van der Waals surface area (Å²) in [5.41, 5.74) is 6.07. The van der Waals surface area contributed by atoms with Crippen molar-refractivity contribution >= 4 is 23.3 Å². The molecule has 5 rings (SSSR count). The van der Waals surface area contributed by atoms with Crippen LogP contribution in [0.1, 0.15) is 11.1 Å². The predicted molar refractivity (Wildman–Crippen MR) is 135 cm³/mol. The third kappa shape index (κ3) is 6.04. The molecule has 3 heterocycles. The summed E-state index contributed by atoms with van der Waals surface area (Å²) < 4.78 is 2.20. The van der Waals surface area contributed by atoms with Gasteiger partial charge in [0.2, 0.25) is 0 Å². The summed E-state index contributed by atoms with van der Waals surface area (Å²) in [5, 5.41) is 14.8. The van der Waals surface area contributed by atoms with Gasteiger partial charge in [-0.3, -0.25) is 4.90 Å². The van der Waals surface area contributed by atoms with Gasteiger partial charge in [0, 0.05) is 44.5 Å². The smallest absolute Gasteiger partial charge is 0.414 e. The number of piperazine rings is 1. The Labute approximate surface area is 203 Å². The maximum atomic E-state index is 9.10. The number of benzene rings is 2. The van der Waals surface area contributed by atoms with Crippen molar-refractivity contribution < 1.29 is 19.8 Å². The van der Waals surface area contributed by atoms with Crippen LogP contribution in [0.3, 0.4) is 0 Å². The molecule has 2 aromatic heterocycles. The van der Waals surface area contributed by atoms with E-state index in [-0.39, 0.29) is 0 Å². The van der Waals surface area contributed by atoms with E-state index in [1.165, 1.54) is 11.1 Å². The topological polar surface area (TPSA) is 98.4 Å². The SMILES string of the molecule is Cc1ccc(CN2CCN(c3cn4cccc4c(-c4ccccc4)n3)CC2)cc1.O=C(O)C(=O)O. The fourth-order valence-corrected chi connectivity index (χ4v) is 4.08. The first-order valence-electron chi connectivity index (χ1n) is 11.4. The Kier molecular flexibility index (Phi) is 7.42. The van der Waals surface area contributed by atoms with Crippen molar-refractivity contribution in [2.75, 3.05) is 31.1 Å². The molecular formula is C27H28N4O4. The summed E-state index contributed by atoms with van der Waals surface area (Å²) in [6, 6.07) is 23.6. The van der Waals surface area contributed by atoms with E-state index in [1.807, 2.05) is 0 Å². The van der Waals surface area contributed by atoms with E-state index in [1.54, 1.807) is 0 Å². The Morgan fingerprint density at radius 3 is 2.14 bits per heavy atom. The van der Waals surface area contributed by atoms with Crippen LogP contribution in [0.25, 0.3) is 16.8 Å². The van der Waals surface area contributed by atoms with Gasteiger partial charge in [0.25, 0.3) is 0 Å². The second kappa shape index (κ2) is 10.8. The minimum absolute atomic E-state index is 1.000. The first kappa shape index (κ1) is 24.0. The second-order valence-corrected chi connectivity index (χ2v) is 8.47. The van der Waals surface area contributed by atoms with Crippen LogP contribution in [-0.4, -0.2) is 62.6 Å². The van der Waals surface area contributed by atoms with Crippen LogP contribution in [0.5, 0.6) is 0 Å². The van der Waals surface area contributed by atoms with Crippen molar-refractivity contribution in [2.45, 2.75) is 13.5 Å². The molecule has 8 heteroatoms. The van der Waals surface area contributed by atoms with Gasteiger partial charge in [-0.05, 0) is 24.6 Å². The third-order valence-corrected chi connectivity index (χ3v) is 5.96. The highest BCUT2D eigenvalue weighted by molar-refractivity contribution is 6.27. The third-order valence-electron chi connectivity index (χ3n) is 5.96. The number of carboxylic acid groups (broad SMARTS) is 2. The molecule has 2 aromatic carbocycles. The second-order valence-electron chi connectivity index (χ2n) is 8.47. The fraction of sp³-hybridized carbons (Fsp3) is 0.222. The number of nitrogens with zero attached hydrogens (tertiary/aromatic N) is 4. The molecule has 180 valence electrons. The number of carbonyl (C=O) groups is 2. The standard InChI is InChI=1S/C25H26N4.C2H2O4/c1-20-9-11-21(12-10-20)18-27-14-16-28(17-15-27)24-19-29-13-5-8-23(29)25(26-24)22-6-3-2-4-7-22;3-1(4)2(5)6/h2-13,19H,14-18H2,1H3;(H,3,4)(H,5,6). The highest BCUT2D eigenvalue weighted by Crippen LogP contribution is 2.26. The number of aryl methyl sites for hydroxylation is 1. The van der Waals surface area contributed by atoms with Gasteiger partial charge in [0.15, 0.2) is 0 Å². The molecule has 0 atom stereocenters. The number of aliphatic carboxylic acids is 2. The lowest BCUT2D eigenvalue weighted by Crippen LogP contribution is -2.46. The molecule has 1 saturated heterocycles. The van der Waals surface area contributed by atoms with Crippen LogP contribution in [0.15, 0.2) is 79.1 Å². The number of anilines is 1. The van der Waals surface area contributed by atoms with E-state index in [0.717, 1.165) is 55.3 Å². The molecule has 35 heavy (non-hydrogen) atoms. The zero-order valence-corrected chi connectivity index (χ0v) is 19.5. The molecule has 0 amide bonds. The molecule has 0 bridgehead atoms. The number of aromatic nitrogens is 2. The molecule has 0 spiro atoms. The number of fused-ring (bicyclic) bond motifs is 1. The summed E-state index contributed by atoms with van der Waals surface area (Å²) in [6.45, 7) is 7.27. The lowest BCUT2D eigenvalue weighted by molar-refractivity contribution is -0.159. The van der Waals surface area contributed by atoms with Crippen LogP contribution in [0.4, 0.5) is 5.82 Å². The van der Waals surface area contributed by atoms with Crippen molar-refractivity contribution in [3.63, 3.8) is 0 Å². The number of hydrogen-bond donors (Lipinski definition) is 2. The zero-order chi connectivity index (χ0) is 24.8. The summed E-state index contributed by atoms with van der Waals surface area (Å²) in [4.78, 5) is 28.2. The monoisotopic (exact) mass is 472 g/mol. The van der Waals surface area contributed by atoms with Crippen molar-refractivity contribution in [1.82, 2.24) is 14.3 Å². The highest BCUT2D eigenvalue weighted by Gasteiger charge is 2.20. The maximum Gasteiger partial charge on any atom is 0.414 e. The van der Waals surface area contributed by atoms with E-state index in [4.69, 9.17) is 24.8 Å². The van der Waals surface area contributed by atoms with Crippen molar-refractivity contribution in [1.29, 1.82) is 0 Å². The average Bonchev–Trinajstić information content (AvgIpc) is 3.35. The summed E-state index contributed by atoms with van der Waals surface area (Å²) in [6.07, 6.45) is 4.28. The molecule has 0 unspecified atom stereocenters. The van der Waals surface area contributed by atoms with Crippen LogP contribution in [0, 0.1) is 6.92 Å². The van der Waals surface area contributed by atoms with Gasteiger partial charge in [-0.25, -0.2) is 14.6 Å². The lowest BCUT2D eigenvalue weighted by atomic mass is 10.1. The van der Waals surface area contributed by atoms with Gasteiger partial charge in [0.1, 0.15) is 5.82 Å². The first-order valence-corrected chi connectivity index (χ1v) is 11.4. The van der Waals surface area contributed by atoms with E-state index in [2.05, 4.69) is 100 Å². The fourth-order valence-electron chi connectivity index (χ4n) is 4.08. The first-order chi connectivity index (χ1) is 16.9. The van der Waals surface area contributed by atoms with E-state index in [9.17, 15) is 0 Å². The minimum Gasteiger partial charge on any atom is -0.473 e. The Hall–Kier alpha value is -4.17. The summed E-state index contributed by atoms with van der Waals surface area (Å²) >= 11 is 0. The van der Waals surface area contributed by atoms with E-state index < -0.39 is 11.9 Å². The van der Waals surface area contributed by atoms with Gasteiger partial charge < -0.3 is 19.5 Å². The quantitative estimate of drug-likeness (QED) is 0.436. The molecular weight excluding hydrogens is 444 g/mol. The molecule has 1 aliphatic heterocycles. The molecule has 0 radical (unpaired) electrons. The van der Waals surface area contributed by atoms with Crippen LogP contribution in [-0.2, 0) is 16.1 Å². The molecule has 0 saturated carbocycles. The van der Waals surface area contributed by atoms with Crippen molar-refractivity contribution in [3.8, 4) is 11.3 Å². The van der Waals surface area contributed by atoms with E-state index in [0.29, 0.717) is 0 Å². The Balaban J connectivity index is 0.000000431. The molecule has 4 aromatic rings. The Bertz CT molecular complexity index is 1280. The Morgan fingerprint density at radius 1 is 0.857 bits per heavy atom. The maximum absolute atomic E-state index is 9.10. The van der Waals surface area contributed by atoms with Crippen LogP contribution < -0.4 is 4.90 Å². The number of carboxylic acids is 2. The van der Waals surface area contributed by atoms with Crippen molar-refractivity contribution in [3.05, 3.63) is 90.3 Å². The number of hydrogen-bond acceptors (Lipinski definition) is 5. The van der Waals surface area contributed by atoms with Crippen molar-refractivity contribution in [2.24, 2.45) is 0 Å². The minimum atomic E-state index is -1.82. The van der Waals surface area contributed by atoms with E-state index >= 15 is 0 Å². The molecule has 2 N–H and O–H groups in total.